The molecule has 0 unspecified atom stereocenters. The Morgan fingerprint density at radius 2 is 2.20 bits per heavy atom. The van der Waals surface area contributed by atoms with Crippen LogP contribution < -0.4 is 0 Å². The topological polar surface area (TPSA) is 55.8 Å². The number of esters is 2. The highest BCUT2D eigenvalue weighted by molar-refractivity contribution is 5.78. The molecule has 2 atom stereocenters. The molecule has 0 aromatic heterocycles. The van der Waals surface area contributed by atoms with Gasteiger partial charge < -0.3 is 14.4 Å². The summed E-state index contributed by atoms with van der Waals surface area (Å²) in [5, 5.41) is 0. The SMILES string of the molecule is C=CN1CC[C@H](OC(C)=O)[C@H]1C(=O)OC. The zero-order chi connectivity index (χ0) is 11.4. The molecule has 5 heteroatoms. The Labute approximate surface area is 88.6 Å². The normalized spacial score (nSPS) is 24.8. The van der Waals surface area contributed by atoms with Crippen molar-refractivity contribution in [3.63, 3.8) is 0 Å². The van der Waals surface area contributed by atoms with Crippen LogP contribution in [0.25, 0.3) is 0 Å². The Balaban J connectivity index is 2.75. The largest absolute Gasteiger partial charge is 0.467 e. The molecule has 1 saturated heterocycles. The molecule has 0 spiro atoms. The van der Waals surface area contributed by atoms with Gasteiger partial charge in [0.15, 0.2) is 6.04 Å². The van der Waals surface area contributed by atoms with Crippen LogP contribution in [0, 0.1) is 0 Å². The molecule has 84 valence electrons. The first-order valence-corrected chi connectivity index (χ1v) is 4.73. The van der Waals surface area contributed by atoms with Crippen molar-refractivity contribution < 1.29 is 19.1 Å². The van der Waals surface area contributed by atoms with Crippen molar-refractivity contribution in [2.45, 2.75) is 25.5 Å². The molecule has 0 amide bonds. The predicted molar refractivity (Wildman–Crippen MR) is 52.9 cm³/mol. The molecule has 0 aliphatic carbocycles. The molecule has 0 aromatic carbocycles. The lowest BCUT2D eigenvalue weighted by molar-refractivity contribution is -0.155. The molecular formula is C10H15NO4. The summed E-state index contributed by atoms with van der Waals surface area (Å²) >= 11 is 0. The second kappa shape index (κ2) is 4.82. The number of carbonyl (C=O) groups is 2. The maximum absolute atomic E-state index is 11.5. The minimum absolute atomic E-state index is 0.389. The fourth-order valence-corrected chi connectivity index (χ4v) is 1.74. The van der Waals surface area contributed by atoms with Gasteiger partial charge in [-0.3, -0.25) is 4.79 Å². The fourth-order valence-electron chi connectivity index (χ4n) is 1.74. The van der Waals surface area contributed by atoms with Crippen LogP contribution >= 0.6 is 0 Å². The lowest BCUT2D eigenvalue weighted by atomic mass is 10.1. The fraction of sp³-hybridized carbons (Fsp3) is 0.600. The van der Waals surface area contributed by atoms with Gasteiger partial charge in [0, 0.05) is 19.9 Å². The van der Waals surface area contributed by atoms with Crippen molar-refractivity contribution in [1.29, 1.82) is 0 Å². The Kier molecular flexibility index (Phi) is 3.71. The maximum Gasteiger partial charge on any atom is 0.332 e. The van der Waals surface area contributed by atoms with Crippen molar-refractivity contribution in [1.82, 2.24) is 4.90 Å². The number of methoxy groups -OCH3 is 1. The van der Waals surface area contributed by atoms with Crippen LogP contribution in [-0.2, 0) is 19.1 Å². The van der Waals surface area contributed by atoms with Gasteiger partial charge in [0.05, 0.1) is 7.11 Å². The molecule has 0 aromatic rings. The highest BCUT2D eigenvalue weighted by Gasteiger charge is 2.40. The summed E-state index contributed by atoms with van der Waals surface area (Å²) < 4.78 is 9.71. The number of hydrogen-bond acceptors (Lipinski definition) is 5. The Morgan fingerprint density at radius 1 is 1.53 bits per heavy atom. The van der Waals surface area contributed by atoms with Gasteiger partial charge in [-0.1, -0.05) is 6.58 Å². The van der Waals surface area contributed by atoms with Gasteiger partial charge in [-0.2, -0.15) is 0 Å². The van der Waals surface area contributed by atoms with Crippen LogP contribution in [0.4, 0.5) is 0 Å². The smallest absolute Gasteiger partial charge is 0.332 e. The lowest BCUT2D eigenvalue weighted by Crippen LogP contribution is -2.41. The molecule has 0 radical (unpaired) electrons. The summed E-state index contributed by atoms with van der Waals surface area (Å²) in [6, 6.07) is -0.559. The third-order valence-corrected chi connectivity index (χ3v) is 2.38. The summed E-state index contributed by atoms with van der Waals surface area (Å²) in [6.07, 6.45) is 1.74. The molecule has 5 nitrogen and oxygen atoms in total. The van der Waals surface area contributed by atoms with Crippen LogP contribution in [0.2, 0.25) is 0 Å². The van der Waals surface area contributed by atoms with Crippen molar-refractivity contribution >= 4 is 11.9 Å². The van der Waals surface area contributed by atoms with Crippen LogP contribution in [0.3, 0.4) is 0 Å². The zero-order valence-corrected chi connectivity index (χ0v) is 8.93. The van der Waals surface area contributed by atoms with E-state index in [0.717, 1.165) is 0 Å². The van der Waals surface area contributed by atoms with E-state index >= 15 is 0 Å². The predicted octanol–water partition coefficient (Wildman–Crippen LogP) is 0.309. The van der Waals surface area contributed by atoms with Gasteiger partial charge in [-0.25, -0.2) is 4.79 Å². The second-order valence-electron chi connectivity index (χ2n) is 3.32. The average molecular weight is 213 g/mol. The van der Waals surface area contributed by atoms with Crippen LogP contribution in [0.15, 0.2) is 12.8 Å². The first kappa shape index (κ1) is 11.6. The molecule has 15 heavy (non-hydrogen) atoms. The van der Waals surface area contributed by atoms with E-state index in [-0.39, 0.29) is 5.97 Å². The first-order valence-electron chi connectivity index (χ1n) is 4.73. The molecular weight excluding hydrogens is 198 g/mol. The van der Waals surface area contributed by atoms with E-state index in [1.54, 1.807) is 11.1 Å². The van der Waals surface area contributed by atoms with Crippen molar-refractivity contribution in [2.24, 2.45) is 0 Å². The number of rotatable bonds is 3. The Morgan fingerprint density at radius 3 is 2.67 bits per heavy atom. The molecule has 1 rings (SSSR count). The first-order chi connectivity index (χ1) is 7.10. The highest BCUT2D eigenvalue weighted by Crippen LogP contribution is 2.22. The van der Waals surface area contributed by atoms with Crippen molar-refractivity contribution in [3.05, 3.63) is 12.8 Å². The summed E-state index contributed by atoms with van der Waals surface area (Å²) in [6.45, 7) is 5.57. The van der Waals surface area contributed by atoms with E-state index in [1.165, 1.54) is 14.0 Å². The number of likely N-dealkylation sites (tertiary alicyclic amines) is 1. The average Bonchev–Trinajstić information content (AvgIpc) is 2.58. The number of ether oxygens (including phenoxy) is 2. The number of carbonyl (C=O) groups excluding carboxylic acids is 2. The van der Waals surface area contributed by atoms with Crippen LogP contribution in [0.1, 0.15) is 13.3 Å². The van der Waals surface area contributed by atoms with Gasteiger partial charge >= 0.3 is 11.9 Å². The number of nitrogens with zero attached hydrogens (tertiary/aromatic N) is 1. The van der Waals surface area contributed by atoms with Gasteiger partial charge in [0.2, 0.25) is 0 Å². The zero-order valence-electron chi connectivity index (χ0n) is 8.93. The minimum Gasteiger partial charge on any atom is -0.467 e. The van der Waals surface area contributed by atoms with E-state index in [9.17, 15) is 9.59 Å². The minimum atomic E-state index is -0.559. The van der Waals surface area contributed by atoms with E-state index in [4.69, 9.17) is 4.74 Å². The van der Waals surface area contributed by atoms with Gasteiger partial charge in [0.25, 0.3) is 0 Å². The summed E-state index contributed by atoms with van der Waals surface area (Å²) in [7, 11) is 1.31. The third-order valence-electron chi connectivity index (χ3n) is 2.38. The van der Waals surface area contributed by atoms with Gasteiger partial charge in [0.1, 0.15) is 6.10 Å². The monoisotopic (exact) mass is 213 g/mol. The maximum atomic E-state index is 11.5. The summed E-state index contributed by atoms with van der Waals surface area (Å²) in [5.74, 6) is -0.793. The summed E-state index contributed by atoms with van der Waals surface area (Å²) in [4.78, 5) is 24.0. The Bertz CT molecular complexity index is 277. The quantitative estimate of drug-likeness (QED) is 0.631. The molecule has 0 saturated carbocycles. The van der Waals surface area contributed by atoms with Crippen molar-refractivity contribution in [3.8, 4) is 0 Å². The number of hydrogen-bond donors (Lipinski definition) is 0. The second-order valence-corrected chi connectivity index (χ2v) is 3.32. The van der Waals surface area contributed by atoms with Crippen molar-refractivity contribution in [2.75, 3.05) is 13.7 Å². The van der Waals surface area contributed by atoms with E-state index in [1.807, 2.05) is 0 Å². The highest BCUT2D eigenvalue weighted by atomic mass is 16.6. The third kappa shape index (κ3) is 2.49. The Hall–Kier alpha value is -1.52. The molecule has 1 fully saturated rings. The van der Waals surface area contributed by atoms with Gasteiger partial charge in [-0.15, -0.1) is 0 Å². The van der Waals surface area contributed by atoms with Crippen LogP contribution in [-0.4, -0.2) is 42.6 Å². The molecule has 1 aliphatic heterocycles. The standard InChI is InChI=1S/C10H15NO4/c1-4-11-6-5-8(15-7(2)12)9(11)10(13)14-3/h4,8-9H,1,5-6H2,2-3H3/t8-,9-/m0/s1. The van der Waals surface area contributed by atoms with E-state index in [0.29, 0.717) is 13.0 Å². The molecule has 1 aliphatic rings. The van der Waals surface area contributed by atoms with E-state index < -0.39 is 18.1 Å². The lowest BCUT2D eigenvalue weighted by Gasteiger charge is -2.23. The molecule has 1 heterocycles. The molecule has 0 bridgehead atoms. The van der Waals surface area contributed by atoms with E-state index in [2.05, 4.69) is 11.3 Å². The molecule has 0 N–H and O–H groups in total. The van der Waals surface area contributed by atoms with Crippen LogP contribution in [0.5, 0.6) is 0 Å². The van der Waals surface area contributed by atoms with Gasteiger partial charge in [-0.05, 0) is 6.20 Å². The summed E-state index contributed by atoms with van der Waals surface area (Å²) in [5.41, 5.74) is 0.